The number of fused-ring (bicyclic) bond motifs is 1. The molecule has 1 aromatic heterocycles. The molecule has 0 spiro atoms. The largest absolute Gasteiger partial charge is 0.472 e. The number of phosphoric ester groups is 1. The molecule has 0 aliphatic heterocycles. The molecule has 0 saturated carbocycles. The molecule has 1 heterocycles. The maximum Gasteiger partial charge on any atom is 0.472 e. The number of hydrogen-bond donors (Lipinski definition) is 4. The van der Waals surface area contributed by atoms with Gasteiger partial charge in [-0.2, -0.15) is 22.8 Å². The second kappa shape index (κ2) is 12.7. The first kappa shape index (κ1) is 31.6. The Morgan fingerprint density at radius 1 is 1.15 bits per heavy atom. The molecule has 41 heavy (non-hydrogen) atoms. The van der Waals surface area contributed by atoms with E-state index in [-0.39, 0.29) is 29.3 Å². The number of aliphatic imine (C=N–C) groups is 1. The van der Waals surface area contributed by atoms with E-state index in [1.807, 2.05) is 0 Å². The lowest BCUT2D eigenvalue weighted by molar-refractivity contribution is -0.137. The van der Waals surface area contributed by atoms with E-state index in [2.05, 4.69) is 30.0 Å². The van der Waals surface area contributed by atoms with Crippen LogP contribution in [0.2, 0.25) is 0 Å². The minimum atomic E-state index is -5.05. The molecule has 1 atom stereocenters. The van der Waals surface area contributed by atoms with E-state index >= 15 is 0 Å². The molecule has 4 N–H and O–H groups in total. The van der Waals surface area contributed by atoms with Crippen LogP contribution in [0.15, 0.2) is 41.4 Å². The zero-order valence-electron chi connectivity index (χ0n) is 21.0. The lowest BCUT2D eigenvalue weighted by Gasteiger charge is -2.16. The minimum Gasteiger partial charge on any atom is -0.420 e. The standard InChI is InChI=1S/C22H21F5N5O8P/c1-11(9-38-2)28-20(30-19(33)12-3-6-15(23)16(24)7-12)29-18-14-5-4-13(22(25,26)27)8-17(14)32(31-18)21(34)39-10-40-41(35,36)37/h3-8,11H,9-10H2,1-2H3,(H2,35,36,37)(H2,28,29,30,31,33)/t11-/m0/s1. The summed E-state index contributed by atoms with van der Waals surface area (Å²) in [7, 11) is -3.67. The highest BCUT2D eigenvalue weighted by Gasteiger charge is 2.32. The number of benzene rings is 2. The van der Waals surface area contributed by atoms with Crippen LogP contribution >= 0.6 is 7.82 Å². The number of phosphoric acid groups is 1. The first-order chi connectivity index (χ1) is 19.1. The van der Waals surface area contributed by atoms with Crippen LogP contribution in [0.25, 0.3) is 10.9 Å². The predicted molar refractivity (Wildman–Crippen MR) is 131 cm³/mol. The Morgan fingerprint density at radius 3 is 2.46 bits per heavy atom. The van der Waals surface area contributed by atoms with Crippen molar-refractivity contribution in [2.75, 3.05) is 25.8 Å². The molecule has 1 amide bonds. The van der Waals surface area contributed by atoms with Crippen LogP contribution in [0.3, 0.4) is 0 Å². The third-order valence-corrected chi connectivity index (χ3v) is 5.44. The lowest BCUT2D eigenvalue weighted by atomic mass is 10.1. The fraction of sp³-hybridized carbons (Fsp3) is 0.273. The van der Waals surface area contributed by atoms with Crippen LogP contribution in [0.4, 0.5) is 32.6 Å². The summed E-state index contributed by atoms with van der Waals surface area (Å²) in [6, 6.07) is 3.95. The summed E-state index contributed by atoms with van der Waals surface area (Å²) < 4.78 is 91.8. The second-order valence-corrected chi connectivity index (χ2v) is 9.40. The number of carbonyl (C=O) groups is 2. The van der Waals surface area contributed by atoms with Crippen molar-refractivity contribution in [3.63, 3.8) is 0 Å². The first-order valence-corrected chi connectivity index (χ1v) is 12.7. The number of aromatic nitrogens is 2. The number of nitrogens with one attached hydrogen (secondary N) is 2. The Balaban J connectivity index is 2.05. The molecule has 0 aliphatic carbocycles. The van der Waals surface area contributed by atoms with Crippen molar-refractivity contribution in [2.24, 2.45) is 4.99 Å². The van der Waals surface area contributed by atoms with Gasteiger partial charge in [-0.05, 0) is 43.3 Å². The maximum atomic E-state index is 13.6. The zero-order chi connectivity index (χ0) is 30.5. The number of nitrogens with zero attached hydrogens (tertiary/aromatic N) is 3. The monoisotopic (exact) mass is 609 g/mol. The minimum absolute atomic E-state index is 0.0795. The van der Waals surface area contributed by atoms with Crippen molar-refractivity contribution in [2.45, 2.75) is 19.1 Å². The number of halogens is 5. The summed E-state index contributed by atoms with van der Waals surface area (Å²) in [6.45, 7) is 0.418. The Kier molecular flexibility index (Phi) is 9.77. The molecule has 0 unspecified atom stereocenters. The van der Waals surface area contributed by atoms with Crippen LogP contribution in [0.5, 0.6) is 0 Å². The fourth-order valence-electron chi connectivity index (χ4n) is 3.26. The Hall–Kier alpha value is -3.96. The van der Waals surface area contributed by atoms with Gasteiger partial charge in [0.25, 0.3) is 5.91 Å². The predicted octanol–water partition coefficient (Wildman–Crippen LogP) is 3.62. The van der Waals surface area contributed by atoms with E-state index in [0.717, 1.165) is 12.1 Å². The summed E-state index contributed by atoms with van der Waals surface area (Å²) in [4.78, 5) is 46.5. The van der Waals surface area contributed by atoms with Gasteiger partial charge < -0.3 is 29.9 Å². The molecule has 19 heteroatoms. The SMILES string of the molecule is COC[C@H](C)N/C(=N/C(=O)c1ccc(F)c(F)c1)Nc1nn(C(=O)OCOP(=O)(O)O)c2cc(C(F)(F)F)ccc12. The molecule has 0 radical (unpaired) electrons. The molecule has 0 aliphatic rings. The molecule has 3 rings (SSSR count). The number of alkyl halides is 3. The van der Waals surface area contributed by atoms with Crippen LogP contribution < -0.4 is 10.6 Å². The van der Waals surface area contributed by atoms with Gasteiger partial charge in [0.05, 0.1) is 17.7 Å². The van der Waals surface area contributed by atoms with Gasteiger partial charge in [-0.3, -0.25) is 4.79 Å². The highest BCUT2D eigenvalue weighted by molar-refractivity contribution is 7.46. The highest BCUT2D eigenvalue weighted by Crippen LogP contribution is 2.36. The van der Waals surface area contributed by atoms with Gasteiger partial charge in [-0.25, -0.2) is 22.7 Å². The summed E-state index contributed by atoms with van der Waals surface area (Å²) in [5.74, 6) is -4.26. The zero-order valence-corrected chi connectivity index (χ0v) is 21.9. The summed E-state index contributed by atoms with van der Waals surface area (Å²) >= 11 is 0. The van der Waals surface area contributed by atoms with Crippen molar-refractivity contribution in [1.82, 2.24) is 15.1 Å². The van der Waals surface area contributed by atoms with Gasteiger partial charge in [0.2, 0.25) is 12.8 Å². The van der Waals surface area contributed by atoms with Crippen molar-refractivity contribution < 1.29 is 59.9 Å². The van der Waals surface area contributed by atoms with E-state index < -0.39 is 61.5 Å². The summed E-state index contributed by atoms with van der Waals surface area (Å²) in [5.41, 5.74) is -1.98. The van der Waals surface area contributed by atoms with E-state index in [1.165, 1.54) is 7.11 Å². The topological polar surface area (TPSA) is 174 Å². The lowest BCUT2D eigenvalue weighted by Crippen LogP contribution is -2.40. The normalized spacial score (nSPS) is 13.2. The van der Waals surface area contributed by atoms with Crippen LogP contribution in [-0.2, 0) is 24.7 Å². The van der Waals surface area contributed by atoms with E-state index in [4.69, 9.17) is 14.5 Å². The molecule has 13 nitrogen and oxygen atoms in total. The number of amides is 1. The van der Waals surface area contributed by atoms with Crippen LogP contribution in [0.1, 0.15) is 22.8 Å². The molecule has 0 bridgehead atoms. The second-order valence-electron chi connectivity index (χ2n) is 8.16. The van der Waals surface area contributed by atoms with E-state index in [0.29, 0.717) is 28.9 Å². The average molecular weight is 609 g/mol. The smallest absolute Gasteiger partial charge is 0.420 e. The van der Waals surface area contributed by atoms with Crippen molar-refractivity contribution in [3.05, 3.63) is 59.2 Å². The van der Waals surface area contributed by atoms with E-state index in [9.17, 15) is 36.1 Å². The molecule has 3 aromatic rings. The Morgan fingerprint density at radius 2 is 1.85 bits per heavy atom. The van der Waals surface area contributed by atoms with Gasteiger partial charge in [-0.15, -0.1) is 5.10 Å². The molecular formula is C22H21F5N5O8P. The number of carbonyl (C=O) groups excluding carboxylic acids is 2. The van der Waals surface area contributed by atoms with Crippen LogP contribution in [0, 0.1) is 11.6 Å². The van der Waals surface area contributed by atoms with Crippen molar-refractivity contribution in [3.8, 4) is 0 Å². The number of methoxy groups -OCH3 is 1. The number of hydrogen-bond acceptors (Lipinski definition) is 7. The molecule has 2 aromatic carbocycles. The van der Waals surface area contributed by atoms with Crippen molar-refractivity contribution >= 4 is 42.5 Å². The van der Waals surface area contributed by atoms with Gasteiger partial charge in [0.1, 0.15) is 0 Å². The number of guanidine groups is 1. The quantitative estimate of drug-likeness (QED) is 0.0966. The van der Waals surface area contributed by atoms with Gasteiger partial charge >= 0.3 is 20.1 Å². The average Bonchev–Trinajstić information content (AvgIpc) is 3.22. The molecular weight excluding hydrogens is 588 g/mol. The van der Waals surface area contributed by atoms with Gasteiger partial charge in [-0.1, -0.05) is 0 Å². The Labute approximate surface area is 227 Å². The van der Waals surface area contributed by atoms with E-state index in [1.54, 1.807) is 6.92 Å². The number of rotatable bonds is 8. The summed E-state index contributed by atoms with van der Waals surface area (Å²) in [5, 5.41) is 9.08. The number of ether oxygens (including phenoxy) is 2. The van der Waals surface area contributed by atoms with Crippen molar-refractivity contribution in [1.29, 1.82) is 0 Å². The third-order valence-electron chi connectivity index (χ3n) is 5.00. The maximum absolute atomic E-state index is 13.6. The Bertz CT molecular complexity index is 1520. The van der Waals surface area contributed by atoms with Crippen LogP contribution in [-0.4, -0.2) is 64.1 Å². The van der Waals surface area contributed by atoms with Gasteiger partial charge in [0.15, 0.2) is 17.5 Å². The molecule has 0 fully saturated rings. The molecule has 0 saturated heterocycles. The third kappa shape index (κ3) is 8.51. The summed E-state index contributed by atoms with van der Waals surface area (Å²) in [6.07, 6.45) is -6.31. The van der Waals surface area contributed by atoms with Gasteiger partial charge in [0, 0.05) is 24.1 Å². The number of anilines is 1. The first-order valence-electron chi connectivity index (χ1n) is 11.2. The fourth-order valence-corrected chi connectivity index (χ4v) is 3.45. The highest BCUT2D eigenvalue weighted by atomic mass is 31.2. The molecule has 222 valence electrons.